The van der Waals surface area contributed by atoms with Gasteiger partial charge in [0.1, 0.15) is 0 Å². The van der Waals surface area contributed by atoms with E-state index in [1.165, 1.54) is 27.4 Å². The van der Waals surface area contributed by atoms with Crippen molar-refractivity contribution < 1.29 is 13.2 Å². The van der Waals surface area contributed by atoms with Crippen LogP contribution in [0, 0.1) is 0 Å². The molecule has 3 rings (SSSR count). The van der Waals surface area contributed by atoms with Gasteiger partial charge in [-0.15, -0.1) is 0 Å². The van der Waals surface area contributed by atoms with Crippen LogP contribution in [-0.2, 0) is 14.8 Å². The van der Waals surface area contributed by atoms with Crippen LogP contribution in [0.2, 0.25) is 0 Å². The van der Waals surface area contributed by atoms with Gasteiger partial charge in [-0.25, -0.2) is 13.4 Å². The van der Waals surface area contributed by atoms with E-state index in [-0.39, 0.29) is 10.8 Å². The van der Waals surface area contributed by atoms with Crippen molar-refractivity contribution >= 4 is 54.4 Å². The van der Waals surface area contributed by atoms with Crippen molar-refractivity contribution in [1.82, 2.24) is 9.29 Å². The molecular formula is C14H17N3O3S3. The minimum Gasteiger partial charge on any atom is -0.301 e. The average molecular weight is 372 g/mol. The summed E-state index contributed by atoms with van der Waals surface area (Å²) in [5.41, 5.74) is 0.690. The van der Waals surface area contributed by atoms with Crippen LogP contribution in [-0.4, -0.2) is 48.7 Å². The van der Waals surface area contributed by atoms with E-state index in [1.807, 2.05) is 6.26 Å². The topological polar surface area (TPSA) is 79.4 Å². The number of carbonyl (C=O) groups excluding carboxylic acids is 1. The molecule has 1 aliphatic rings. The fourth-order valence-electron chi connectivity index (χ4n) is 2.48. The van der Waals surface area contributed by atoms with Crippen molar-refractivity contribution in [2.24, 2.45) is 0 Å². The second-order valence-corrected chi connectivity index (χ2v) is 9.08. The third-order valence-electron chi connectivity index (χ3n) is 3.58. The number of amides is 1. The number of fused-ring (bicyclic) bond motifs is 1. The Morgan fingerprint density at radius 3 is 2.83 bits per heavy atom. The molecule has 0 spiro atoms. The van der Waals surface area contributed by atoms with E-state index in [9.17, 15) is 13.2 Å². The van der Waals surface area contributed by atoms with Crippen molar-refractivity contribution in [3.8, 4) is 0 Å². The summed E-state index contributed by atoms with van der Waals surface area (Å²) in [5.74, 6) is 0.256. The number of hydrogen-bond acceptors (Lipinski definition) is 6. The first-order valence-electron chi connectivity index (χ1n) is 7.20. The number of thiazole rings is 1. The lowest BCUT2D eigenvalue weighted by atomic mass is 10.3. The molecule has 0 bridgehead atoms. The zero-order chi connectivity index (χ0) is 16.4. The van der Waals surface area contributed by atoms with Gasteiger partial charge in [0, 0.05) is 13.1 Å². The van der Waals surface area contributed by atoms with Crippen LogP contribution in [0.15, 0.2) is 23.1 Å². The van der Waals surface area contributed by atoms with Gasteiger partial charge in [0.25, 0.3) is 0 Å². The first kappa shape index (κ1) is 16.7. The van der Waals surface area contributed by atoms with E-state index in [1.54, 1.807) is 18.2 Å². The normalized spacial score (nSPS) is 16.0. The lowest BCUT2D eigenvalue weighted by Crippen LogP contribution is -2.27. The van der Waals surface area contributed by atoms with E-state index >= 15 is 0 Å². The van der Waals surface area contributed by atoms with Crippen LogP contribution >= 0.6 is 23.1 Å². The van der Waals surface area contributed by atoms with E-state index in [4.69, 9.17) is 0 Å². The number of carbonyl (C=O) groups is 1. The Bertz CT molecular complexity index is 826. The van der Waals surface area contributed by atoms with Crippen molar-refractivity contribution in [2.45, 2.75) is 17.7 Å². The first-order chi connectivity index (χ1) is 11.0. The zero-order valence-corrected chi connectivity index (χ0v) is 15.1. The number of thioether (sulfide) groups is 1. The Morgan fingerprint density at radius 1 is 1.39 bits per heavy atom. The highest BCUT2D eigenvalue weighted by atomic mass is 32.2. The predicted octanol–water partition coefficient (Wildman–Crippen LogP) is 2.38. The third-order valence-corrected chi connectivity index (χ3v) is 6.96. The minimum absolute atomic E-state index is 0.110. The summed E-state index contributed by atoms with van der Waals surface area (Å²) in [7, 11) is -3.43. The highest BCUT2D eigenvalue weighted by Gasteiger charge is 2.27. The number of anilines is 1. The Morgan fingerprint density at radius 2 is 2.13 bits per heavy atom. The fraction of sp³-hybridized carbons (Fsp3) is 0.429. The minimum atomic E-state index is -3.43. The largest absolute Gasteiger partial charge is 0.301 e. The molecule has 1 aromatic heterocycles. The van der Waals surface area contributed by atoms with Crippen LogP contribution in [0.1, 0.15) is 12.8 Å². The third kappa shape index (κ3) is 3.52. The summed E-state index contributed by atoms with van der Waals surface area (Å²) in [6.07, 6.45) is 3.68. The van der Waals surface area contributed by atoms with Gasteiger partial charge >= 0.3 is 0 Å². The number of sulfonamides is 1. The predicted molar refractivity (Wildman–Crippen MR) is 94.6 cm³/mol. The Balaban J connectivity index is 1.88. The highest BCUT2D eigenvalue weighted by Crippen LogP contribution is 2.30. The molecule has 1 aromatic carbocycles. The number of rotatable bonds is 5. The zero-order valence-electron chi connectivity index (χ0n) is 12.6. The molecule has 23 heavy (non-hydrogen) atoms. The van der Waals surface area contributed by atoms with Crippen LogP contribution in [0.4, 0.5) is 5.13 Å². The summed E-state index contributed by atoms with van der Waals surface area (Å²) < 4.78 is 27.4. The maximum Gasteiger partial charge on any atom is 0.243 e. The van der Waals surface area contributed by atoms with Gasteiger partial charge in [-0.05, 0) is 37.3 Å². The van der Waals surface area contributed by atoms with Crippen molar-refractivity contribution in [3.05, 3.63) is 18.2 Å². The number of hydrogen-bond donors (Lipinski definition) is 1. The van der Waals surface area contributed by atoms with Crippen molar-refractivity contribution in [2.75, 3.05) is 30.4 Å². The van der Waals surface area contributed by atoms with E-state index in [0.29, 0.717) is 29.5 Å². The maximum atomic E-state index is 12.6. The number of nitrogens with zero attached hydrogens (tertiary/aromatic N) is 2. The summed E-state index contributed by atoms with van der Waals surface area (Å²) in [5, 5.41) is 3.23. The van der Waals surface area contributed by atoms with Gasteiger partial charge < -0.3 is 5.32 Å². The van der Waals surface area contributed by atoms with E-state index in [0.717, 1.165) is 17.5 Å². The molecular weight excluding hydrogens is 354 g/mol. The van der Waals surface area contributed by atoms with Gasteiger partial charge in [0.15, 0.2) is 5.13 Å². The molecule has 124 valence electrons. The van der Waals surface area contributed by atoms with Crippen LogP contribution < -0.4 is 5.32 Å². The fourth-order valence-corrected chi connectivity index (χ4v) is 5.36. The smallest absolute Gasteiger partial charge is 0.243 e. The average Bonchev–Trinajstić information content (AvgIpc) is 3.15. The molecule has 0 unspecified atom stereocenters. The number of benzene rings is 1. The Kier molecular flexibility index (Phi) is 4.90. The molecule has 0 saturated carbocycles. The molecule has 6 nitrogen and oxygen atoms in total. The molecule has 0 radical (unpaired) electrons. The standard InChI is InChI=1S/C14H17N3O3S3/c1-21-9-13(18)16-14-15-11-5-4-10(8-12(11)22-14)23(19,20)17-6-2-3-7-17/h4-5,8H,2-3,6-7,9H2,1H3,(H,15,16,18). The Hall–Kier alpha value is -1.16. The molecule has 1 fully saturated rings. The molecule has 2 aromatic rings. The second-order valence-electron chi connectivity index (χ2n) is 5.24. The molecule has 0 aliphatic carbocycles. The quantitative estimate of drug-likeness (QED) is 0.873. The maximum absolute atomic E-state index is 12.6. The van der Waals surface area contributed by atoms with Gasteiger partial charge in [-0.3, -0.25) is 4.79 Å². The summed E-state index contributed by atoms with van der Waals surface area (Å²) in [6.45, 7) is 1.16. The molecule has 0 atom stereocenters. The molecule has 1 aliphatic heterocycles. The summed E-state index contributed by atoms with van der Waals surface area (Å²) >= 11 is 2.72. The van der Waals surface area contributed by atoms with Gasteiger partial charge in [0.2, 0.25) is 15.9 Å². The first-order valence-corrected chi connectivity index (χ1v) is 10.9. The van der Waals surface area contributed by atoms with Gasteiger partial charge in [-0.2, -0.15) is 16.1 Å². The lowest BCUT2D eigenvalue weighted by Gasteiger charge is -2.15. The molecule has 9 heteroatoms. The molecule has 2 heterocycles. The van der Waals surface area contributed by atoms with E-state index in [2.05, 4.69) is 10.3 Å². The van der Waals surface area contributed by atoms with Crippen LogP contribution in [0.3, 0.4) is 0 Å². The molecule has 1 saturated heterocycles. The molecule has 1 amide bonds. The highest BCUT2D eigenvalue weighted by molar-refractivity contribution is 7.99. The van der Waals surface area contributed by atoms with Crippen LogP contribution in [0.5, 0.6) is 0 Å². The number of nitrogens with one attached hydrogen (secondary N) is 1. The van der Waals surface area contributed by atoms with Gasteiger partial charge in [-0.1, -0.05) is 11.3 Å². The van der Waals surface area contributed by atoms with Crippen molar-refractivity contribution in [3.63, 3.8) is 0 Å². The second kappa shape index (κ2) is 6.76. The monoisotopic (exact) mass is 371 g/mol. The van der Waals surface area contributed by atoms with Crippen LogP contribution in [0.25, 0.3) is 10.2 Å². The summed E-state index contributed by atoms with van der Waals surface area (Å²) in [6, 6.07) is 4.92. The van der Waals surface area contributed by atoms with Crippen molar-refractivity contribution in [1.29, 1.82) is 0 Å². The molecule has 1 N–H and O–H groups in total. The number of aromatic nitrogens is 1. The van der Waals surface area contributed by atoms with Gasteiger partial charge in [0.05, 0.1) is 20.9 Å². The SMILES string of the molecule is CSCC(=O)Nc1nc2ccc(S(=O)(=O)N3CCCC3)cc2s1. The lowest BCUT2D eigenvalue weighted by molar-refractivity contribution is -0.113. The summed E-state index contributed by atoms with van der Waals surface area (Å²) in [4.78, 5) is 16.2. The van der Waals surface area contributed by atoms with E-state index < -0.39 is 10.0 Å². The Labute approximate surface area is 143 Å².